The van der Waals surface area contributed by atoms with E-state index in [0.717, 1.165) is 12.1 Å². The molecule has 1 saturated heterocycles. The number of halogens is 2. The summed E-state index contributed by atoms with van der Waals surface area (Å²) in [5.74, 6) is 0.712. The molecule has 0 unspecified atom stereocenters. The summed E-state index contributed by atoms with van der Waals surface area (Å²) in [5.41, 5.74) is 1.74. The SMILES string of the molecule is CCCc1nn(C)c2c(=O)[nH]c(-c3cc(S(=O)(=O)N4CCNCC4)ccc3OCC)nc12.Cl.Cl. The van der Waals surface area contributed by atoms with Crippen LogP contribution in [-0.2, 0) is 23.5 Å². The van der Waals surface area contributed by atoms with Gasteiger partial charge >= 0.3 is 0 Å². The van der Waals surface area contributed by atoms with Gasteiger partial charge in [-0.15, -0.1) is 24.8 Å². The van der Waals surface area contributed by atoms with Crippen LogP contribution in [0.5, 0.6) is 5.75 Å². The highest BCUT2D eigenvalue weighted by Crippen LogP contribution is 2.32. The monoisotopic (exact) mass is 532 g/mol. The minimum absolute atomic E-state index is 0. The lowest BCUT2D eigenvalue weighted by molar-refractivity contribution is 0.341. The number of hydrogen-bond acceptors (Lipinski definition) is 7. The molecule has 3 aromatic rings. The van der Waals surface area contributed by atoms with Crippen LogP contribution in [-0.4, -0.2) is 65.3 Å². The number of ether oxygens (including phenoxy) is 1. The van der Waals surface area contributed by atoms with Gasteiger partial charge in [0, 0.05) is 33.2 Å². The Morgan fingerprint density at radius 2 is 1.85 bits per heavy atom. The summed E-state index contributed by atoms with van der Waals surface area (Å²) < 4.78 is 35.2. The number of sulfonamides is 1. The molecule has 34 heavy (non-hydrogen) atoms. The molecule has 1 aromatic carbocycles. The number of benzene rings is 1. The van der Waals surface area contributed by atoms with Gasteiger partial charge in [-0.05, 0) is 31.5 Å². The van der Waals surface area contributed by atoms with Crippen molar-refractivity contribution in [2.75, 3.05) is 32.8 Å². The molecule has 0 atom stereocenters. The molecule has 0 spiro atoms. The van der Waals surface area contributed by atoms with Crippen LogP contribution in [0.1, 0.15) is 26.0 Å². The average Bonchev–Trinajstić information content (AvgIpc) is 3.10. The van der Waals surface area contributed by atoms with Crippen LogP contribution in [0.4, 0.5) is 0 Å². The van der Waals surface area contributed by atoms with Crippen LogP contribution in [0.25, 0.3) is 22.4 Å². The smallest absolute Gasteiger partial charge is 0.277 e. The Labute approximate surface area is 211 Å². The van der Waals surface area contributed by atoms with E-state index in [-0.39, 0.29) is 41.1 Å². The van der Waals surface area contributed by atoms with Crippen molar-refractivity contribution in [1.82, 2.24) is 29.4 Å². The van der Waals surface area contributed by atoms with Crippen molar-refractivity contribution in [3.8, 4) is 17.1 Å². The van der Waals surface area contributed by atoms with Crippen molar-refractivity contribution in [2.24, 2.45) is 7.05 Å². The van der Waals surface area contributed by atoms with E-state index in [0.29, 0.717) is 61.6 Å². The number of piperazine rings is 1. The Morgan fingerprint density at radius 1 is 1.15 bits per heavy atom. The molecule has 2 N–H and O–H groups in total. The summed E-state index contributed by atoms with van der Waals surface area (Å²) in [5, 5.41) is 7.60. The predicted octanol–water partition coefficient (Wildman–Crippen LogP) is 2.11. The Balaban J connectivity index is 0.00000204. The second-order valence-corrected chi connectivity index (χ2v) is 9.62. The van der Waals surface area contributed by atoms with Crippen LogP contribution in [0.15, 0.2) is 27.9 Å². The molecule has 4 rings (SSSR count). The van der Waals surface area contributed by atoms with E-state index >= 15 is 0 Å². The molecule has 13 heteroatoms. The lowest BCUT2D eigenvalue weighted by Gasteiger charge is -2.26. The molecule has 0 aliphatic carbocycles. The van der Waals surface area contributed by atoms with E-state index in [4.69, 9.17) is 4.74 Å². The van der Waals surface area contributed by atoms with Gasteiger partial charge in [-0.2, -0.15) is 9.40 Å². The fourth-order valence-electron chi connectivity index (χ4n) is 3.95. The second kappa shape index (κ2) is 11.5. The summed E-state index contributed by atoms with van der Waals surface area (Å²) in [6, 6.07) is 4.69. The van der Waals surface area contributed by atoms with Gasteiger partial charge in [0.15, 0.2) is 5.52 Å². The number of rotatable bonds is 7. The van der Waals surface area contributed by atoms with Crippen LogP contribution in [0.2, 0.25) is 0 Å². The summed E-state index contributed by atoms with van der Waals surface area (Å²) in [6.45, 7) is 6.29. The topological polar surface area (TPSA) is 122 Å². The molecule has 1 aliphatic rings. The number of H-pyrrole nitrogens is 1. The van der Waals surface area contributed by atoms with Gasteiger partial charge in [0.1, 0.15) is 17.1 Å². The quantitative estimate of drug-likeness (QED) is 0.477. The highest BCUT2D eigenvalue weighted by molar-refractivity contribution is 7.89. The zero-order chi connectivity index (χ0) is 22.9. The van der Waals surface area contributed by atoms with Gasteiger partial charge in [-0.25, -0.2) is 13.4 Å². The minimum atomic E-state index is -3.69. The van der Waals surface area contributed by atoms with E-state index < -0.39 is 10.0 Å². The van der Waals surface area contributed by atoms with Crippen LogP contribution >= 0.6 is 24.8 Å². The Morgan fingerprint density at radius 3 is 2.50 bits per heavy atom. The Kier molecular flexibility index (Phi) is 9.49. The number of aryl methyl sites for hydroxylation is 2. The number of hydrogen-bond donors (Lipinski definition) is 2. The van der Waals surface area contributed by atoms with Crippen molar-refractivity contribution >= 4 is 45.9 Å². The molecule has 10 nitrogen and oxygen atoms in total. The highest BCUT2D eigenvalue weighted by Gasteiger charge is 2.27. The van der Waals surface area contributed by atoms with Gasteiger partial charge < -0.3 is 15.0 Å². The van der Waals surface area contributed by atoms with Crippen LogP contribution in [0, 0.1) is 0 Å². The third kappa shape index (κ3) is 5.23. The fraction of sp³-hybridized carbons (Fsp3) is 0.476. The maximum absolute atomic E-state index is 13.2. The molecule has 1 fully saturated rings. The van der Waals surface area contributed by atoms with Crippen LogP contribution < -0.4 is 15.6 Å². The maximum Gasteiger partial charge on any atom is 0.277 e. The van der Waals surface area contributed by atoms with Crippen molar-refractivity contribution in [1.29, 1.82) is 0 Å². The third-order valence-electron chi connectivity index (χ3n) is 5.47. The van der Waals surface area contributed by atoms with Crippen molar-refractivity contribution in [2.45, 2.75) is 31.6 Å². The van der Waals surface area contributed by atoms with Gasteiger partial charge in [-0.3, -0.25) is 9.48 Å². The summed E-state index contributed by atoms with van der Waals surface area (Å²) in [6.07, 6.45) is 1.54. The molecule has 3 heterocycles. The van der Waals surface area contributed by atoms with Gasteiger partial charge in [-0.1, -0.05) is 13.3 Å². The molecular formula is C21H30Cl2N6O4S. The number of nitrogens with zero attached hydrogens (tertiary/aromatic N) is 4. The van der Waals surface area contributed by atoms with E-state index in [1.165, 1.54) is 21.1 Å². The first kappa shape index (κ1) is 28.1. The Bertz CT molecular complexity index is 1300. The first-order valence-electron chi connectivity index (χ1n) is 10.8. The van der Waals surface area contributed by atoms with Crippen LogP contribution in [0.3, 0.4) is 0 Å². The van der Waals surface area contributed by atoms with Gasteiger partial charge in [0.2, 0.25) is 10.0 Å². The van der Waals surface area contributed by atoms with E-state index in [9.17, 15) is 13.2 Å². The largest absolute Gasteiger partial charge is 0.493 e. The first-order valence-corrected chi connectivity index (χ1v) is 12.2. The number of fused-ring (bicyclic) bond motifs is 1. The average molecular weight is 533 g/mol. The van der Waals surface area contributed by atoms with Gasteiger partial charge in [0.05, 0.1) is 22.8 Å². The zero-order valence-electron chi connectivity index (χ0n) is 19.3. The normalized spacial score (nSPS) is 14.4. The van der Waals surface area contributed by atoms with Gasteiger partial charge in [0.25, 0.3) is 5.56 Å². The third-order valence-corrected chi connectivity index (χ3v) is 7.36. The summed E-state index contributed by atoms with van der Waals surface area (Å²) in [7, 11) is -1.98. The number of nitrogens with one attached hydrogen (secondary N) is 2. The van der Waals surface area contributed by atoms with Crippen molar-refractivity contribution < 1.29 is 13.2 Å². The number of aromatic amines is 1. The predicted molar refractivity (Wildman–Crippen MR) is 136 cm³/mol. The van der Waals surface area contributed by atoms with E-state index in [1.54, 1.807) is 13.1 Å². The Hall–Kier alpha value is -2.18. The highest BCUT2D eigenvalue weighted by atomic mass is 35.5. The van der Waals surface area contributed by atoms with Crippen molar-refractivity contribution in [3.05, 3.63) is 34.2 Å². The second-order valence-electron chi connectivity index (χ2n) is 7.68. The van der Waals surface area contributed by atoms with E-state index in [1.807, 2.05) is 13.8 Å². The molecule has 0 amide bonds. The zero-order valence-corrected chi connectivity index (χ0v) is 21.8. The molecule has 1 aliphatic heterocycles. The first-order chi connectivity index (χ1) is 15.4. The molecule has 188 valence electrons. The maximum atomic E-state index is 13.2. The lowest BCUT2D eigenvalue weighted by Crippen LogP contribution is -2.46. The fourth-order valence-corrected chi connectivity index (χ4v) is 5.42. The molecular weight excluding hydrogens is 503 g/mol. The summed E-state index contributed by atoms with van der Waals surface area (Å²) >= 11 is 0. The standard InChI is InChI=1S/C21H28N6O4S.2ClH/c1-4-6-16-18-19(26(3)25-16)21(28)24-20(23-18)15-13-14(7-8-17(15)31-5-2)32(29,30)27-11-9-22-10-12-27;;/h7-8,13,22H,4-6,9-12H2,1-3H3,(H,23,24,28);2*1H. The molecule has 2 aromatic heterocycles. The lowest BCUT2D eigenvalue weighted by atomic mass is 10.1. The molecule has 0 saturated carbocycles. The molecule has 0 radical (unpaired) electrons. The molecule has 0 bridgehead atoms. The summed E-state index contributed by atoms with van der Waals surface area (Å²) in [4.78, 5) is 20.5. The number of aromatic nitrogens is 4. The van der Waals surface area contributed by atoms with Crippen molar-refractivity contribution in [3.63, 3.8) is 0 Å². The van der Waals surface area contributed by atoms with E-state index in [2.05, 4.69) is 20.4 Å². The minimum Gasteiger partial charge on any atom is -0.493 e.